The van der Waals surface area contributed by atoms with Crippen molar-refractivity contribution in [1.29, 1.82) is 5.41 Å². The van der Waals surface area contributed by atoms with E-state index < -0.39 is 0 Å². The highest BCUT2D eigenvalue weighted by molar-refractivity contribution is 6.04. The predicted octanol–water partition coefficient (Wildman–Crippen LogP) is 4.64. The Hall–Kier alpha value is -2.33. The molecule has 1 saturated heterocycles. The van der Waals surface area contributed by atoms with Gasteiger partial charge in [-0.2, -0.15) is 0 Å². The van der Waals surface area contributed by atoms with Crippen LogP contribution in [-0.4, -0.2) is 44.5 Å². The van der Waals surface area contributed by atoms with E-state index in [-0.39, 0.29) is 0 Å². The molecule has 0 bridgehead atoms. The molecule has 2 aliphatic rings. The molecule has 4 heteroatoms. The molecule has 1 heterocycles. The maximum Gasteiger partial charge on any atom is 0.161 e. The molecule has 1 atom stereocenters. The van der Waals surface area contributed by atoms with Gasteiger partial charge in [0.05, 0.1) is 14.2 Å². The Kier molecular flexibility index (Phi) is 6.74. The van der Waals surface area contributed by atoms with E-state index in [1.54, 1.807) is 20.3 Å². The van der Waals surface area contributed by atoms with Crippen molar-refractivity contribution in [2.45, 2.75) is 25.7 Å². The van der Waals surface area contributed by atoms with Gasteiger partial charge in [0.1, 0.15) is 0 Å². The maximum atomic E-state index is 8.67. The standard InChI is InChI=1S/C24H32N2O2/c1-5-6-7-17(2)16-26-10-8-18(9-11-26)12-20-13-19-14-22(27-3)23(28-4)15-21(19)24(20)25/h5-7,14-15,18,20,25H,1-2,8-13,16H2,3-4H3/b7-6-,25-24?. The fourth-order valence-electron chi connectivity index (χ4n) is 4.46. The number of likely N-dealkylation sites (tertiary alicyclic amines) is 1. The summed E-state index contributed by atoms with van der Waals surface area (Å²) in [6.07, 6.45) is 10.2. The first-order valence-electron chi connectivity index (χ1n) is 10.1. The van der Waals surface area contributed by atoms with Crippen LogP contribution in [0.1, 0.15) is 30.4 Å². The molecule has 0 saturated carbocycles. The van der Waals surface area contributed by atoms with Crippen LogP contribution < -0.4 is 9.47 Å². The van der Waals surface area contributed by atoms with Crippen LogP contribution in [0.3, 0.4) is 0 Å². The summed E-state index contributed by atoms with van der Waals surface area (Å²) in [5.74, 6) is 2.48. The van der Waals surface area contributed by atoms with Gasteiger partial charge in [-0.1, -0.05) is 31.4 Å². The molecule has 1 unspecified atom stereocenters. The van der Waals surface area contributed by atoms with E-state index in [0.717, 1.165) is 55.1 Å². The van der Waals surface area contributed by atoms with Crippen molar-refractivity contribution < 1.29 is 9.47 Å². The molecule has 3 rings (SSSR count). The minimum absolute atomic E-state index is 0.314. The molecular formula is C24H32N2O2. The normalized spacial score (nSPS) is 20.4. The number of hydrogen-bond donors (Lipinski definition) is 1. The fourth-order valence-corrected chi connectivity index (χ4v) is 4.46. The van der Waals surface area contributed by atoms with Gasteiger partial charge in [-0.05, 0) is 68.0 Å². The zero-order valence-corrected chi connectivity index (χ0v) is 17.2. The first-order chi connectivity index (χ1) is 13.5. The summed E-state index contributed by atoms with van der Waals surface area (Å²) in [6.45, 7) is 11.0. The topological polar surface area (TPSA) is 45.6 Å². The number of nitrogens with one attached hydrogen (secondary N) is 1. The molecule has 0 radical (unpaired) electrons. The van der Waals surface area contributed by atoms with Crippen LogP contribution in [0.4, 0.5) is 0 Å². The van der Waals surface area contributed by atoms with Gasteiger partial charge in [-0.25, -0.2) is 0 Å². The molecule has 0 spiro atoms. The van der Waals surface area contributed by atoms with Gasteiger partial charge in [0.25, 0.3) is 0 Å². The quantitative estimate of drug-likeness (QED) is 0.668. The van der Waals surface area contributed by atoms with Gasteiger partial charge in [-0.3, -0.25) is 4.90 Å². The molecule has 1 N–H and O–H groups in total. The number of rotatable bonds is 8. The smallest absolute Gasteiger partial charge is 0.161 e. The van der Waals surface area contributed by atoms with E-state index in [9.17, 15) is 0 Å². The van der Waals surface area contributed by atoms with Gasteiger partial charge >= 0.3 is 0 Å². The number of methoxy groups -OCH3 is 2. The number of fused-ring (bicyclic) bond motifs is 1. The predicted molar refractivity (Wildman–Crippen MR) is 116 cm³/mol. The number of nitrogens with zero attached hydrogens (tertiary/aromatic N) is 1. The van der Waals surface area contributed by atoms with Crippen molar-refractivity contribution in [3.63, 3.8) is 0 Å². The molecule has 1 aromatic rings. The average molecular weight is 381 g/mol. The molecule has 1 aliphatic heterocycles. The Balaban J connectivity index is 1.54. The van der Waals surface area contributed by atoms with Crippen LogP contribution in [0, 0.1) is 17.2 Å². The van der Waals surface area contributed by atoms with Crippen molar-refractivity contribution >= 4 is 5.71 Å². The van der Waals surface area contributed by atoms with Crippen molar-refractivity contribution in [1.82, 2.24) is 4.90 Å². The van der Waals surface area contributed by atoms with Crippen LogP contribution in [0.5, 0.6) is 11.5 Å². The molecule has 1 fully saturated rings. The average Bonchev–Trinajstić information content (AvgIpc) is 3.01. The van der Waals surface area contributed by atoms with Crippen LogP contribution in [0.15, 0.2) is 49.1 Å². The van der Waals surface area contributed by atoms with E-state index >= 15 is 0 Å². The Morgan fingerprint density at radius 1 is 1.21 bits per heavy atom. The monoisotopic (exact) mass is 380 g/mol. The first kappa shape index (κ1) is 20.4. The van der Waals surface area contributed by atoms with Gasteiger partial charge in [0, 0.05) is 23.7 Å². The molecular weight excluding hydrogens is 348 g/mol. The molecule has 1 aromatic carbocycles. The summed E-state index contributed by atoms with van der Waals surface area (Å²) < 4.78 is 10.8. The SMILES string of the molecule is C=C/C=C\C(=C)CN1CCC(CC2Cc3cc(OC)c(OC)cc3C2=N)CC1. The summed E-state index contributed by atoms with van der Waals surface area (Å²) in [4.78, 5) is 2.48. The highest BCUT2D eigenvalue weighted by atomic mass is 16.5. The second kappa shape index (κ2) is 9.24. The van der Waals surface area contributed by atoms with E-state index in [1.165, 1.54) is 18.4 Å². The number of piperidine rings is 1. The van der Waals surface area contributed by atoms with E-state index in [4.69, 9.17) is 14.9 Å². The Bertz CT molecular complexity index is 773. The summed E-state index contributed by atoms with van der Waals surface area (Å²) in [5, 5.41) is 8.67. The minimum Gasteiger partial charge on any atom is -0.493 e. The summed E-state index contributed by atoms with van der Waals surface area (Å²) in [6, 6.07) is 4.02. The van der Waals surface area contributed by atoms with Crippen molar-refractivity contribution in [2.24, 2.45) is 11.8 Å². The molecule has 150 valence electrons. The highest BCUT2D eigenvalue weighted by Gasteiger charge is 2.32. The first-order valence-corrected chi connectivity index (χ1v) is 10.1. The van der Waals surface area contributed by atoms with Crippen LogP contribution in [0.2, 0.25) is 0 Å². The van der Waals surface area contributed by atoms with Gasteiger partial charge in [0.15, 0.2) is 11.5 Å². The minimum atomic E-state index is 0.314. The fraction of sp³-hybridized carbons (Fsp3) is 0.458. The summed E-state index contributed by atoms with van der Waals surface area (Å²) in [5.41, 5.74) is 4.15. The molecule has 0 aromatic heterocycles. The molecule has 4 nitrogen and oxygen atoms in total. The Morgan fingerprint density at radius 2 is 1.89 bits per heavy atom. The van der Waals surface area contributed by atoms with Crippen LogP contribution in [0.25, 0.3) is 0 Å². The van der Waals surface area contributed by atoms with Gasteiger partial charge < -0.3 is 14.9 Å². The van der Waals surface area contributed by atoms with Crippen LogP contribution in [-0.2, 0) is 6.42 Å². The molecule has 1 aliphatic carbocycles. The largest absolute Gasteiger partial charge is 0.493 e. The zero-order valence-electron chi connectivity index (χ0n) is 17.2. The second-order valence-electron chi connectivity index (χ2n) is 7.89. The third-order valence-corrected chi connectivity index (χ3v) is 5.99. The van der Waals surface area contributed by atoms with Gasteiger partial charge in [-0.15, -0.1) is 0 Å². The van der Waals surface area contributed by atoms with Gasteiger partial charge in [0.2, 0.25) is 0 Å². The number of hydrogen-bond acceptors (Lipinski definition) is 4. The Labute approximate surface area is 169 Å². The maximum absolute atomic E-state index is 8.67. The lowest BCUT2D eigenvalue weighted by molar-refractivity contribution is 0.186. The Morgan fingerprint density at radius 3 is 2.54 bits per heavy atom. The van der Waals surface area contributed by atoms with E-state index in [0.29, 0.717) is 17.6 Å². The molecule has 28 heavy (non-hydrogen) atoms. The van der Waals surface area contributed by atoms with E-state index in [1.807, 2.05) is 24.3 Å². The number of ether oxygens (including phenoxy) is 2. The third kappa shape index (κ3) is 4.56. The van der Waals surface area contributed by atoms with E-state index in [2.05, 4.69) is 18.1 Å². The third-order valence-electron chi connectivity index (χ3n) is 5.99. The summed E-state index contributed by atoms with van der Waals surface area (Å²) in [7, 11) is 3.31. The highest BCUT2D eigenvalue weighted by Crippen LogP contribution is 2.39. The van der Waals surface area contributed by atoms with Crippen molar-refractivity contribution in [2.75, 3.05) is 33.9 Å². The lowest BCUT2D eigenvalue weighted by Crippen LogP contribution is -2.35. The lowest BCUT2D eigenvalue weighted by atomic mass is 9.85. The number of benzene rings is 1. The summed E-state index contributed by atoms with van der Waals surface area (Å²) >= 11 is 0. The lowest BCUT2D eigenvalue weighted by Gasteiger charge is -2.33. The van der Waals surface area contributed by atoms with Crippen molar-refractivity contribution in [3.05, 3.63) is 60.2 Å². The number of allylic oxidation sites excluding steroid dienone is 2. The molecule has 0 amide bonds. The van der Waals surface area contributed by atoms with Crippen LogP contribution >= 0.6 is 0 Å². The second-order valence-corrected chi connectivity index (χ2v) is 7.89. The zero-order chi connectivity index (χ0) is 20.1. The van der Waals surface area contributed by atoms with Crippen molar-refractivity contribution in [3.8, 4) is 11.5 Å².